The van der Waals surface area contributed by atoms with E-state index in [-0.39, 0.29) is 0 Å². The highest BCUT2D eigenvalue weighted by Gasteiger charge is 2.68. The summed E-state index contributed by atoms with van der Waals surface area (Å²) >= 11 is 3.57. The zero-order valence-corrected chi connectivity index (χ0v) is 24.1. The minimum absolute atomic E-state index is 0.641. The second-order valence-electron chi connectivity index (χ2n) is 9.45. The average molecular weight is 609 g/mol. The Kier molecular flexibility index (Phi) is 7.13. The van der Waals surface area contributed by atoms with Gasteiger partial charge in [-0.05, 0) is 47.5 Å². The Morgan fingerprint density at radius 2 is 1.20 bits per heavy atom. The van der Waals surface area contributed by atoms with E-state index in [1.54, 1.807) is 7.11 Å². The van der Waals surface area contributed by atoms with Crippen LogP contribution in [0.25, 0.3) is 0 Å². The zero-order valence-electron chi connectivity index (χ0n) is 21.7. The first-order chi connectivity index (χ1) is 19.6. The third-order valence-electron chi connectivity index (χ3n) is 7.33. The number of oxime groups is 1. The van der Waals surface area contributed by atoms with Crippen LogP contribution in [0.2, 0.25) is 0 Å². The number of rotatable bonds is 7. The summed E-state index contributed by atoms with van der Waals surface area (Å²) in [5.41, 5.74) is 3.01. The van der Waals surface area contributed by atoms with Crippen molar-refractivity contribution in [1.29, 1.82) is 0 Å². The number of methoxy groups -OCH3 is 1. The van der Waals surface area contributed by atoms with Crippen LogP contribution in [-0.2, 0) is 26.0 Å². The van der Waals surface area contributed by atoms with E-state index in [4.69, 9.17) is 14.7 Å². The van der Waals surface area contributed by atoms with E-state index in [2.05, 4.69) is 40.2 Å². The highest BCUT2D eigenvalue weighted by Crippen LogP contribution is 2.58. The molecule has 0 aromatic heterocycles. The van der Waals surface area contributed by atoms with Gasteiger partial charge in [0, 0.05) is 20.5 Å². The second kappa shape index (κ2) is 10.9. The van der Waals surface area contributed by atoms with Gasteiger partial charge >= 0.3 is 0 Å². The molecule has 2 unspecified atom stereocenters. The molecule has 6 heteroatoms. The van der Waals surface area contributed by atoms with Crippen LogP contribution in [0.15, 0.2) is 154 Å². The van der Waals surface area contributed by atoms with Crippen molar-refractivity contribution in [3.63, 3.8) is 0 Å². The molecule has 0 fully saturated rings. The molecule has 1 aliphatic heterocycles. The highest BCUT2D eigenvalue weighted by atomic mass is 79.9. The molecule has 0 spiro atoms. The fourth-order valence-electron chi connectivity index (χ4n) is 5.55. The summed E-state index contributed by atoms with van der Waals surface area (Å²) in [5.74, 6) is 0.696. The number of hydrogen-bond donors (Lipinski definition) is 0. The summed E-state index contributed by atoms with van der Waals surface area (Å²) in [6.07, 6.45) is 0. The topological polar surface area (TPSA) is 47.9 Å². The summed E-state index contributed by atoms with van der Waals surface area (Å²) in [4.78, 5) is 5.85. The van der Waals surface area contributed by atoms with Crippen LogP contribution in [0.4, 0.5) is 0 Å². The molecule has 0 aliphatic carbocycles. The number of nitrogens with zero attached hydrogens (tertiary/aromatic N) is 1. The van der Waals surface area contributed by atoms with E-state index >= 15 is 4.21 Å². The lowest BCUT2D eigenvalue weighted by Crippen LogP contribution is -2.55. The van der Waals surface area contributed by atoms with E-state index in [9.17, 15) is 0 Å². The van der Waals surface area contributed by atoms with Crippen LogP contribution >= 0.6 is 15.9 Å². The molecule has 0 radical (unpaired) electrons. The molecule has 0 saturated carbocycles. The number of halogens is 1. The molecule has 5 aromatic rings. The van der Waals surface area contributed by atoms with E-state index in [1.165, 1.54) is 0 Å². The molecule has 0 bridgehead atoms. The smallest absolute Gasteiger partial charge is 0.259 e. The molecule has 6 rings (SSSR count). The molecule has 4 nitrogen and oxygen atoms in total. The van der Waals surface area contributed by atoms with Gasteiger partial charge in [0.05, 0.1) is 7.11 Å². The fourth-order valence-corrected chi connectivity index (χ4v) is 7.61. The predicted molar refractivity (Wildman–Crippen MR) is 163 cm³/mol. The molecular formula is C34H26BrNO3S. The Balaban J connectivity index is 1.77. The minimum Gasteiger partial charge on any atom is -0.497 e. The van der Waals surface area contributed by atoms with Crippen LogP contribution in [0.1, 0.15) is 22.3 Å². The van der Waals surface area contributed by atoms with Gasteiger partial charge in [-0.3, -0.25) is 0 Å². The van der Waals surface area contributed by atoms with Gasteiger partial charge < -0.3 is 9.57 Å². The Morgan fingerprint density at radius 1 is 0.675 bits per heavy atom. The van der Waals surface area contributed by atoms with Crippen LogP contribution in [0.3, 0.4) is 0 Å². The monoisotopic (exact) mass is 607 g/mol. The standard InChI is InChI=1S/C34H26BrNO3S/c1-38-30-23-19-28(20-24-30)34(40(37)31-15-9-4-10-16-31)33(26-11-5-2-6-12-26,27-13-7-3-8-14-27)32(36-39-34)25-17-21-29(35)22-18-25/h2-24H,1H3. The van der Waals surface area contributed by atoms with E-state index in [0.29, 0.717) is 16.4 Å². The van der Waals surface area contributed by atoms with Gasteiger partial charge in [-0.25, -0.2) is 4.21 Å². The highest BCUT2D eigenvalue weighted by molar-refractivity contribution is 9.10. The lowest BCUT2D eigenvalue weighted by molar-refractivity contribution is 0.0214. The maximum Gasteiger partial charge on any atom is 0.259 e. The van der Waals surface area contributed by atoms with Gasteiger partial charge in [0.2, 0.25) is 0 Å². The van der Waals surface area contributed by atoms with E-state index in [1.807, 2.05) is 115 Å². The van der Waals surface area contributed by atoms with Crippen molar-refractivity contribution >= 4 is 32.4 Å². The fraction of sp³-hybridized carbons (Fsp3) is 0.0882. The number of benzene rings is 5. The average Bonchev–Trinajstić information content (AvgIpc) is 3.40. The molecule has 198 valence electrons. The molecule has 0 N–H and O–H groups in total. The van der Waals surface area contributed by atoms with Crippen LogP contribution in [0, 0.1) is 0 Å². The molecule has 40 heavy (non-hydrogen) atoms. The number of hydrogen-bond acceptors (Lipinski definition) is 4. The maximum atomic E-state index is 15.2. The van der Waals surface area contributed by atoms with Crippen LogP contribution in [-0.4, -0.2) is 17.0 Å². The Bertz CT molecular complexity index is 1620. The van der Waals surface area contributed by atoms with Crippen LogP contribution < -0.4 is 4.74 Å². The molecule has 0 amide bonds. The molecule has 5 aromatic carbocycles. The van der Waals surface area contributed by atoms with Gasteiger partial charge in [-0.15, -0.1) is 0 Å². The maximum absolute atomic E-state index is 15.2. The Morgan fingerprint density at radius 3 is 1.73 bits per heavy atom. The molecule has 2 atom stereocenters. The van der Waals surface area contributed by atoms with Gasteiger partial charge in [0.1, 0.15) is 27.7 Å². The Labute approximate surface area is 244 Å². The normalized spacial score (nSPS) is 18.4. The van der Waals surface area contributed by atoms with Crippen molar-refractivity contribution in [2.75, 3.05) is 7.11 Å². The van der Waals surface area contributed by atoms with E-state index in [0.717, 1.165) is 26.7 Å². The van der Waals surface area contributed by atoms with Crippen molar-refractivity contribution in [2.24, 2.45) is 5.16 Å². The van der Waals surface area contributed by atoms with Gasteiger partial charge in [0.25, 0.3) is 4.93 Å². The first-order valence-electron chi connectivity index (χ1n) is 12.9. The van der Waals surface area contributed by atoms with Gasteiger partial charge in [-0.1, -0.05) is 124 Å². The lowest BCUT2D eigenvalue weighted by Gasteiger charge is -2.44. The molecule has 1 heterocycles. The predicted octanol–water partition coefficient (Wildman–Crippen LogP) is 7.84. The summed E-state index contributed by atoms with van der Waals surface area (Å²) in [6.45, 7) is 0. The van der Waals surface area contributed by atoms with Gasteiger partial charge in [0.15, 0.2) is 0 Å². The quantitative estimate of drug-likeness (QED) is 0.189. The summed E-state index contributed by atoms with van der Waals surface area (Å²) in [5, 5.41) is 4.84. The van der Waals surface area contributed by atoms with Crippen molar-refractivity contribution in [2.45, 2.75) is 15.2 Å². The van der Waals surface area contributed by atoms with Crippen molar-refractivity contribution in [3.8, 4) is 5.75 Å². The third-order valence-corrected chi connectivity index (χ3v) is 9.70. The van der Waals surface area contributed by atoms with Crippen LogP contribution in [0.5, 0.6) is 5.75 Å². The summed E-state index contributed by atoms with van der Waals surface area (Å²) in [6, 6.07) is 45.3. The zero-order chi connectivity index (χ0) is 27.6. The lowest BCUT2D eigenvalue weighted by atomic mass is 9.64. The molecule has 0 saturated heterocycles. The van der Waals surface area contributed by atoms with E-state index < -0.39 is 21.1 Å². The number of ether oxygens (including phenoxy) is 1. The van der Waals surface area contributed by atoms with Crippen molar-refractivity contribution in [3.05, 3.63) is 166 Å². The third kappa shape index (κ3) is 4.10. The first kappa shape index (κ1) is 26.2. The molecule has 1 aliphatic rings. The SMILES string of the molecule is COc1ccc(C2(S(=O)c3ccccc3)ON=C(c3ccc(Br)cc3)C2(c2ccccc2)c2ccccc2)cc1. The Hall–Kier alpha value is -4.00. The largest absolute Gasteiger partial charge is 0.497 e. The second-order valence-corrected chi connectivity index (χ2v) is 11.9. The first-order valence-corrected chi connectivity index (χ1v) is 14.8. The molecular weight excluding hydrogens is 582 g/mol. The summed E-state index contributed by atoms with van der Waals surface area (Å²) in [7, 11) is -0.102. The summed E-state index contributed by atoms with van der Waals surface area (Å²) < 4.78 is 21.6. The van der Waals surface area contributed by atoms with Crippen molar-refractivity contribution in [1.82, 2.24) is 0 Å². The minimum atomic E-state index is -1.73. The van der Waals surface area contributed by atoms with Crippen molar-refractivity contribution < 1.29 is 13.8 Å². The van der Waals surface area contributed by atoms with Gasteiger partial charge in [-0.2, -0.15) is 0 Å².